The third-order valence-corrected chi connectivity index (χ3v) is 3.92. The average molecular weight is 337 g/mol. The molecule has 5 nitrogen and oxygen atoms in total. The van der Waals surface area contributed by atoms with Crippen LogP contribution in [-0.4, -0.2) is 31.9 Å². The molecule has 2 aromatic carbocycles. The highest BCUT2D eigenvalue weighted by atomic mass is 16.6. The molecule has 0 spiro atoms. The smallest absolute Gasteiger partial charge is 0.338 e. The maximum atomic E-state index is 12.2. The van der Waals surface area contributed by atoms with Crippen LogP contribution in [0.15, 0.2) is 42.5 Å². The fraction of sp³-hybridized carbons (Fsp3) is 0.300. The van der Waals surface area contributed by atoms with Gasteiger partial charge < -0.3 is 14.2 Å². The van der Waals surface area contributed by atoms with Crippen molar-refractivity contribution in [2.75, 3.05) is 19.8 Å². The van der Waals surface area contributed by atoms with Crippen molar-refractivity contribution in [2.24, 2.45) is 0 Å². The van der Waals surface area contributed by atoms with Gasteiger partial charge >= 0.3 is 5.97 Å². The predicted molar refractivity (Wildman–Crippen MR) is 91.9 cm³/mol. The fourth-order valence-electron chi connectivity index (χ4n) is 2.58. The van der Waals surface area contributed by atoms with Gasteiger partial charge in [0.2, 0.25) is 0 Å². The number of nitrogens with zero attached hydrogens (tertiary/aromatic N) is 1. The molecule has 1 saturated heterocycles. The highest BCUT2D eigenvalue weighted by Crippen LogP contribution is 2.27. The van der Waals surface area contributed by atoms with Crippen LogP contribution in [0.3, 0.4) is 0 Å². The Balaban J connectivity index is 1.89. The minimum Gasteiger partial charge on any atom is -0.462 e. The Labute approximate surface area is 146 Å². The molecule has 1 atom stereocenters. The Kier molecular flexibility index (Phi) is 5.44. The summed E-state index contributed by atoms with van der Waals surface area (Å²) < 4.78 is 15.9. The van der Waals surface area contributed by atoms with Crippen LogP contribution in [0.2, 0.25) is 0 Å². The Morgan fingerprint density at radius 1 is 1.32 bits per heavy atom. The number of esters is 1. The Morgan fingerprint density at radius 2 is 2.12 bits per heavy atom. The molecule has 3 rings (SSSR count). The molecule has 5 heteroatoms. The van der Waals surface area contributed by atoms with Gasteiger partial charge in [-0.3, -0.25) is 0 Å². The molecule has 0 aromatic heterocycles. The number of benzene rings is 2. The van der Waals surface area contributed by atoms with E-state index in [0.29, 0.717) is 30.9 Å². The SMILES string of the molecule is CCOC(=O)c1ccccc1-c1ccc(C#N)c(COC[C@H]2CO2)c1. The van der Waals surface area contributed by atoms with E-state index in [1.807, 2.05) is 24.3 Å². The zero-order valence-electron chi connectivity index (χ0n) is 14.0. The molecule has 0 unspecified atom stereocenters. The van der Waals surface area contributed by atoms with Crippen molar-refractivity contribution >= 4 is 5.97 Å². The first kappa shape index (κ1) is 17.2. The quantitative estimate of drug-likeness (QED) is 0.572. The van der Waals surface area contributed by atoms with Gasteiger partial charge in [0, 0.05) is 0 Å². The van der Waals surface area contributed by atoms with Crippen molar-refractivity contribution in [2.45, 2.75) is 19.6 Å². The Hall–Kier alpha value is -2.68. The molecule has 0 radical (unpaired) electrons. The van der Waals surface area contributed by atoms with E-state index >= 15 is 0 Å². The number of ether oxygens (including phenoxy) is 3. The lowest BCUT2D eigenvalue weighted by molar-refractivity contribution is 0.0527. The van der Waals surface area contributed by atoms with E-state index in [1.54, 1.807) is 25.1 Å². The van der Waals surface area contributed by atoms with Crippen LogP contribution in [0.1, 0.15) is 28.4 Å². The van der Waals surface area contributed by atoms with Gasteiger partial charge in [-0.25, -0.2) is 4.79 Å². The summed E-state index contributed by atoms with van der Waals surface area (Å²) in [5, 5.41) is 9.31. The molecular formula is C20H19NO4. The van der Waals surface area contributed by atoms with E-state index in [4.69, 9.17) is 14.2 Å². The van der Waals surface area contributed by atoms with Crippen molar-refractivity contribution in [3.05, 3.63) is 59.2 Å². The first-order valence-electron chi connectivity index (χ1n) is 8.21. The largest absolute Gasteiger partial charge is 0.462 e. The second kappa shape index (κ2) is 7.93. The second-order valence-corrected chi connectivity index (χ2v) is 5.72. The van der Waals surface area contributed by atoms with Crippen LogP contribution in [-0.2, 0) is 20.8 Å². The summed E-state index contributed by atoms with van der Waals surface area (Å²) in [7, 11) is 0. The third-order valence-electron chi connectivity index (χ3n) is 3.92. The number of epoxide rings is 1. The lowest BCUT2D eigenvalue weighted by Gasteiger charge is -2.11. The molecule has 0 aliphatic carbocycles. The van der Waals surface area contributed by atoms with Gasteiger partial charge in [-0.05, 0) is 41.8 Å². The average Bonchev–Trinajstić information content (AvgIpc) is 3.46. The van der Waals surface area contributed by atoms with Crippen LogP contribution in [0.25, 0.3) is 11.1 Å². The maximum absolute atomic E-state index is 12.2. The summed E-state index contributed by atoms with van der Waals surface area (Å²) in [6.07, 6.45) is 0.179. The molecular weight excluding hydrogens is 318 g/mol. The van der Waals surface area contributed by atoms with Gasteiger partial charge in [0.25, 0.3) is 0 Å². The number of hydrogen-bond acceptors (Lipinski definition) is 5. The molecule has 1 aliphatic heterocycles. The molecule has 0 N–H and O–H groups in total. The highest BCUT2D eigenvalue weighted by molar-refractivity contribution is 5.97. The van der Waals surface area contributed by atoms with Crippen LogP contribution in [0.5, 0.6) is 0 Å². The lowest BCUT2D eigenvalue weighted by atomic mass is 9.96. The van der Waals surface area contributed by atoms with E-state index in [-0.39, 0.29) is 12.1 Å². The Bertz CT molecular complexity index is 806. The first-order valence-corrected chi connectivity index (χ1v) is 8.21. The van der Waals surface area contributed by atoms with Gasteiger partial charge in [0.15, 0.2) is 0 Å². The number of carbonyl (C=O) groups is 1. The standard InChI is InChI=1S/C20H19NO4/c1-2-24-20(22)19-6-4-3-5-18(19)14-7-8-15(10-21)16(9-14)11-23-12-17-13-25-17/h3-9,17H,2,11-13H2,1H3/t17-/m0/s1. The summed E-state index contributed by atoms with van der Waals surface area (Å²) in [5.74, 6) is -0.355. The van der Waals surface area contributed by atoms with Crippen molar-refractivity contribution < 1.29 is 19.0 Å². The van der Waals surface area contributed by atoms with Crippen molar-refractivity contribution in [3.63, 3.8) is 0 Å². The summed E-state index contributed by atoms with van der Waals surface area (Å²) in [6, 6.07) is 15.0. The summed E-state index contributed by atoms with van der Waals surface area (Å²) in [6.45, 7) is 3.69. The highest BCUT2D eigenvalue weighted by Gasteiger charge is 2.22. The van der Waals surface area contributed by atoms with E-state index in [2.05, 4.69) is 6.07 Å². The number of carbonyl (C=O) groups excluding carboxylic acids is 1. The van der Waals surface area contributed by atoms with Crippen LogP contribution >= 0.6 is 0 Å². The van der Waals surface area contributed by atoms with Gasteiger partial charge in [-0.2, -0.15) is 5.26 Å². The normalized spacial score (nSPS) is 15.4. The maximum Gasteiger partial charge on any atom is 0.338 e. The van der Waals surface area contributed by atoms with Crippen LogP contribution in [0, 0.1) is 11.3 Å². The first-order chi connectivity index (χ1) is 12.2. The van der Waals surface area contributed by atoms with Crippen LogP contribution in [0.4, 0.5) is 0 Å². The molecule has 128 valence electrons. The minimum absolute atomic E-state index is 0.179. The third kappa shape index (κ3) is 4.24. The van der Waals surface area contributed by atoms with E-state index in [9.17, 15) is 10.1 Å². The molecule has 0 amide bonds. The van der Waals surface area contributed by atoms with Crippen LogP contribution < -0.4 is 0 Å². The number of nitriles is 1. The molecule has 1 heterocycles. The summed E-state index contributed by atoms with van der Waals surface area (Å²) >= 11 is 0. The van der Waals surface area contributed by atoms with Crippen molar-refractivity contribution in [1.29, 1.82) is 5.26 Å². The molecule has 1 fully saturated rings. The zero-order chi connectivity index (χ0) is 17.6. The minimum atomic E-state index is -0.355. The van der Waals surface area contributed by atoms with Gasteiger partial charge in [0.1, 0.15) is 6.10 Å². The second-order valence-electron chi connectivity index (χ2n) is 5.72. The van der Waals surface area contributed by atoms with E-state index < -0.39 is 0 Å². The van der Waals surface area contributed by atoms with Crippen molar-refractivity contribution in [3.8, 4) is 17.2 Å². The number of rotatable bonds is 7. The van der Waals surface area contributed by atoms with E-state index in [1.165, 1.54) is 0 Å². The molecule has 25 heavy (non-hydrogen) atoms. The molecule has 2 aromatic rings. The predicted octanol–water partition coefficient (Wildman–Crippen LogP) is 3.32. The molecule has 1 aliphatic rings. The van der Waals surface area contributed by atoms with Gasteiger partial charge in [0.05, 0.1) is 43.6 Å². The Morgan fingerprint density at radius 3 is 2.84 bits per heavy atom. The summed E-state index contributed by atoms with van der Waals surface area (Å²) in [4.78, 5) is 12.2. The molecule has 0 saturated carbocycles. The van der Waals surface area contributed by atoms with Gasteiger partial charge in [-0.1, -0.05) is 24.3 Å². The van der Waals surface area contributed by atoms with E-state index in [0.717, 1.165) is 23.3 Å². The monoisotopic (exact) mass is 337 g/mol. The fourth-order valence-corrected chi connectivity index (χ4v) is 2.58. The lowest BCUT2D eigenvalue weighted by Crippen LogP contribution is -2.07. The van der Waals surface area contributed by atoms with Gasteiger partial charge in [-0.15, -0.1) is 0 Å². The number of hydrogen-bond donors (Lipinski definition) is 0. The zero-order valence-corrected chi connectivity index (χ0v) is 14.0. The topological polar surface area (TPSA) is 71.9 Å². The summed E-state index contributed by atoms with van der Waals surface area (Å²) in [5.41, 5.74) is 3.49. The molecule has 0 bridgehead atoms. The van der Waals surface area contributed by atoms with Crippen molar-refractivity contribution in [1.82, 2.24) is 0 Å².